The lowest BCUT2D eigenvalue weighted by molar-refractivity contribution is 0.00628. The monoisotopic (exact) mass is 214 g/mol. The Kier molecular flexibility index (Phi) is 4.15. The van der Waals surface area contributed by atoms with E-state index in [1.165, 1.54) is 0 Å². The highest BCUT2D eigenvalue weighted by molar-refractivity contribution is 4.82. The van der Waals surface area contributed by atoms with Gasteiger partial charge in [0, 0.05) is 32.2 Å². The van der Waals surface area contributed by atoms with Crippen LogP contribution in [-0.2, 0) is 0 Å². The molecule has 0 aromatic rings. The molecule has 0 aromatic heterocycles. The summed E-state index contributed by atoms with van der Waals surface area (Å²) in [7, 11) is 2.17. The lowest BCUT2D eigenvalue weighted by Gasteiger charge is -2.40. The van der Waals surface area contributed by atoms with Crippen molar-refractivity contribution in [3.8, 4) is 0 Å². The molecule has 3 heteroatoms. The largest absolute Gasteiger partial charge is 0.391 e. The second-order valence-electron chi connectivity index (χ2n) is 5.97. The minimum atomic E-state index is -0.229. The number of nitrogens with zero attached hydrogens (tertiary/aromatic N) is 2. The Morgan fingerprint density at radius 3 is 2.40 bits per heavy atom. The maximum atomic E-state index is 10.0. The predicted molar refractivity (Wildman–Crippen MR) is 64.0 cm³/mol. The van der Waals surface area contributed by atoms with Gasteiger partial charge in [0.1, 0.15) is 0 Å². The Morgan fingerprint density at radius 2 is 1.93 bits per heavy atom. The fourth-order valence-electron chi connectivity index (χ4n) is 1.81. The Bertz CT molecular complexity index is 200. The first kappa shape index (κ1) is 12.9. The van der Waals surface area contributed by atoms with Crippen molar-refractivity contribution in [2.45, 2.75) is 39.8 Å². The Labute approximate surface area is 94.1 Å². The van der Waals surface area contributed by atoms with Gasteiger partial charge in [-0.15, -0.1) is 0 Å². The average Bonchev–Trinajstić information content (AvgIpc) is 2.10. The Balaban J connectivity index is 2.40. The smallest absolute Gasteiger partial charge is 0.0715 e. The number of rotatable bonds is 2. The summed E-state index contributed by atoms with van der Waals surface area (Å²) in [4.78, 5) is 4.75. The highest BCUT2D eigenvalue weighted by Crippen LogP contribution is 2.20. The van der Waals surface area contributed by atoms with Crippen LogP contribution in [0.25, 0.3) is 0 Å². The van der Waals surface area contributed by atoms with E-state index in [9.17, 15) is 5.11 Å². The number of piperazine rings is 1. The second kappa shape index (κ2) is 4.81. The Hall–Kier alpha value is -0.120. The molecule has 0 saturated carbocycles. The maximum Gasteiger partial charge on any atom is 0.0715 e. The van der Waals surface area contributed by atoms with E-state index >= 15 is 0 Å². The number of β-amino-alcohol motifs (C(OH)–C–C–N with tert-alkyl or cyclic N) is 1. The third-order valence-corrected chi connectivity index (χ3v) is 3.47. The van der Waals surface area contributed by atoms with E-state index in [4.69, 9.17) is 0 Å². The van der Waals surface area contributed by atoms with Gasteiger partial charge in [-0.1, -0.05) is 20.8 Å². The number of hydrogen-bond donors (Lipinski definition) is 1. The van der Waals surface area contributed by atoms with Crippen molar-refractivity contribution in [2.24, 2.45) is 5.41 Å². The highest BCUT2D eigenvalue weighted by Gasteiger charge is 2.27. The van der Waals surface area contributed by atoms with Gasteiger partial charge in [0.15, 0.2) is 0 Å². The highest BCUT2D eigenvalue weighted by atomic mass is 16.3. The van der Waals surface area contributed by atoms with E-state index < -0.39 is 0 Å². The van der Waals surface area contributed by atoms with Crippen molar-refractivity contribution >= 4 is 0 Å². The predicted octanol–water partition coefficient (Wildman–Crippen LogP) is 1.03. The molecule has 0 spiro atoms. The van der Waals surface area contributed by atoms with Crippen molar-refractivity contribution in [2.75, 3.05) is 33.2 Å². The fraction of sp³-hybridized carbons (Fsp3) is 1.00. The first-order valence-electron chi connectivity index (χ1n) is 5.91. The lowest BCUT2D eigenvalue weighted by atomic mass is 9.88. The van der Waals surface area contributed by atoms with Crippen LogP contribution < -0.4 is 0 Å². The second-order valence-corrected chi connectivity index (χ2v) is 5.97. The van der Waals surface area contributed by atoms with Gasteiger partial charge >= 0.3 is 0 Å². The molecule has 3 nitrogen and oxygen atoms in total. The van der Waals surface area contributed by atoms with E-state index in [1.807, 2.05) is 0 Å². The molecule has 2 unspecified atom stereocenters. The third kappa shape index (κ3) is 3.74. The summed E-state index contributed by atoms with van der Waals surface area (Å²) in [6.07, 6.45) is -0.229. The topological polar surface area (TPSA) is 26.7 Å². The average molecular weight is 214 g/mol. The molecule has 0 bridgehead atoms. The van der Waals surface area contributed by atoms with Crippen LogP contribution in [0.2, 0.25) is 0 Å². The summed E-state index contributed by atoms with van der Waals surface area (Å²) in [5, 5.41) is 10.0. The zero-order chi connectivity index (χ0) is 11.6. The molecule has 0 radical (unpaired) electrons. The van der Waals surface area contributed by atoms with E-state index in [0.717, 1.165) is 26.2 Å². The van der Waals surface area contributed by atoms with Gasteiger partial charge in [-0.2, -0.15) is 0 Å². The van der Waals surface area contributed by atoms with Gasteiger partial charge in [-0.3, -0.25) is 4.90 Å². The van der Waals surface area contributed by atoms with Crippen molar-refractivity contribution in [1.82, 2.24) is 9.80 Å². The molecule has 2 atom stereocenters. The third-order valence-electron chi connectivity index (χ3n) is 3.47. The molecule has 1 aliphatic heterocycles. The van der Waals surface area contributed by atoms with E-state index in [2.05, 4.69) is 44.5 Å². The zero-order valence-corrected chi connectivity index (χ0v) is 10.8. The standard InChI is InChI=1S/C12H26N2O/c1-10-8-14(7-6-13(10)5)9-11(15)12(2,3)4/h10-11,15H,6-9H2,1-5H3. The van der Waals surface area contributed by atoms with Crippen LogP contribution in [0.5, 0.6) is 0 Å². The summed E-state index contributed by atoms with van der Waals surface area (Å²) in [6, 6.07) is 0.603. The molecule has 1 fully saturated rings. The van der Waals surface area contributed by atoms with Gasteiger partial charge in [0.25, 0.3) is 0 Å². The van der Waals surface area contributed by atoms with E-state index in [0.29, 0.717) is 6.04 Å². The minimum absolute atomic E-state index is 0.00735. The van der Waals surface area contributed by atoms with Gasteiger partial charge in [0.2, 0.25) is 0 Å². The summed E-state index contributed by atoms with van der Waals surface area (Å²) in [5.74, 6) is 0. The minimum Gasteiger partial charge on any atom is -0.391 e. The number of aliphatic hydroxyl groups is 1. The van der Waals surface area contributed by atoms with Crippen molar-refractivity contribution in [3.05, 3.63) is 0 Å². The first-order valence-corrected chi connectivity index (χ1v) is 5.91. The maximum absolute atomic E-state index is 10.0. The molecule has 90 valence electrons. The summed E-state index contributed by atoms with van der Waals surface area (Å²) in [6.45, 7) is 12.6. The van der Waals surface area contributed by atoms with Crippen LogP contribution in [0.3, 0.4) is 0 Å². The molecule has 1 N–H and O–H groups in total. The van der Waals surface area contributed by atoms with Gasteiger partial charge in [-0.05, 0) is 19.4 Å². The van der Waals surface area contributed by atoms with Crippen LogP contribution >= 0.6 is 0 Å². The van der Waals surface area contributed by atoms with Crippen LogP contribution in [0.15, 0.2) is 0 Å². The molecular formula is C12H26N2O. The molecule has 1 heterocycles. The number of aliphatic hydroxyl groups excluding tert-OH is 1. The summed E-state index contributed by atoms with van der Waals surface area (Å²) in [5.41, 5.74) is -0.00735. The molecule has 0 aliphatic carbocycles. The van der Waals surface area contributed by atoms with Crippen molar-refractivity contribution in [1.29, 1.82) is 0 Å². The van der Waals surface area contributed by atoms with Gasteiger partial charge in [-0.25, -0.2) is 0 Å². The molecule has 15 heavy (non-hydrogen) atoms. The summed E-state index contributed by atoms with van der Waals surface area (Å²) < 4.78 is 0. The molecule has 1 rings (SSSR count). The normalized spacial score (nSPS) is 28.0. The number of likely N-dealkylation sites (N-methyl/N-ethyl adjacent to an activating group) is 1. The zero-order valence-electron chi connectivity index (χ0n) is 10.8. The summed E-state index contributed by atoms with van der Waals surface area (Å²) >= 11 is 0. The first-order chi connectivity index (χ1) is 6.80. The van der Waals surface area contributed by atoms with Crippen LogP contribution in [0.4, 0.5) is 0 Å². The number of hydrogen-bond acceptors (Lipinski definition) is 3. The Morgan fingerprint density at radius 1 is 1.33 bits per heavy atom. The molecule has 0 aromatic carbocycles. The fourth-order valence-corrected chi connectivity index (χ4v) is 1.81. The molecule has 1 aliphatic rings. The molecule has 1 saturated heterocycles. The van der Waals surface area contributed by atoms with Crippen molar-refractivity contribution < 1.29 is 5.11 Å². The van der Waals surface area contributed by atoms with Crippen LogP contribution in [0, 0.1) is 5.41 Å². The van der Waals surface area contributed by atoms with Crippen LogP contribution in [-0.4, -0.2) is 60.3 Å². The van der Waals surface area contributed by atoms with Gasteiger partial charge < -0.3 is 10.0 Å². The molecular weight excluding hydrogens is 188 g/mol. The quantitative estimate of drug-likeness (QED) is 0.744. The van der Waals surface area contributed by atoms with Gasteiger partial charge in [0.05, 0.1) is 6.10 Å². The van der Waals surface area contributed by atoms with Crippen LogP contribution in [0.1, 0.15) is 27.7 Å². The van der Waals surface area contributed by atoms with E-state index in [-0.39, 0.29) is 11.5 Å². The van der Waals surface area contributed by atoms with E-state index in [1.54, 1.807) is 0 Å². The molecule has 0 amide bonds. The SMILES string of the molecule is CC1CN(CC(O)C(C)(C)C)CCN1C. The lowest BCUT2D eigenvalue weighted by Crippen LogP contribution is -2.53. The van der Waals surface area contributed by atoms with Crippen molar-refractivity contribution in [3.63, 3.8) is 0 Å².